The Morgan fingerprint density at radius 1 is 0.339 bits per heavy atom. The zero-order valence-electron chi connectivity index (χ0n) is 33.4. The van der Waals surface area contributed by atoms with Gasteiger partial charge in [0.2, 0.25) is 0 Å². The molecule has 6 heteroatoms. The van der Waals surface area contributed by atoms with E-state index in [1.54, 1.807) is 0 Å². The number of hydrogen-bond acceptors (Lipinski definition) is 5. The van der Waals surface area contributed by atoms with E-state index in [0.29, 0.717) is 17.5 Å². The number of fused-ring (bicyclic) bond motifs is 6. The molecule has 4 aromatic heterocycles. The Balaban J connectivity index is 1.01. The first-order chi connectivity index (χ1) is 30.7. The van der Waals surface area contributed by atoms with E-state index in [1.807, 2.05) is 47.7 Å². The summed E-state index contributed by atoms with van der Waals surface area (Å²) in [4.78, 5) is 15.4. The maximum atomic E-state index is 5.43. The Bertz CT molecular complexity index is 3610. The third-order valence-corrected chi connectivity index (χ3v) is 12.8. The molecule has 0 bridgehead atoms. The van der Waals surface area contributed by atoms with E-state index in [9.17, 15) is 0 Å². The van der Waals surface area contributed by atoms with Gasteiger partial charge in [-0.1, -0.05) is 182 Å². The third kappa shape index (κ3) is 6.24. The molecule has 0 fully saturated rings. The lowest BCUT2D eigenvalue weighted by Crippen LogP contribution is -2.00. The highest BCUT2D eigenvalue weighted by Crippen LogP contribution is 2.42. The zero-order chi connectivity index (χ0) is 41.0. The van der Waals surface area contributed by atoms with E-state index >= 15 is 0 Å². The molecule has 0 aliphatic heterocycles. The topological polar surface area (TPSA) is 56.0 Å². The van der Waals surface area contributed by atoms with Crippen LogP contribution < -0.4 is 0 Å². The SMILES string of the molecule is c1ccc(-c2nc(-c3ccc(-c4ccc5sc6ccccc6c5c4)cc3)nc(-c3cccc(-c4c(-c5ccccc5)nn5c(-c6ccccc6)cc6ccccc6c45)c3)n2)cc1. The summed E-state index contributed by atoms with van der Waals surface area (Å²) in [5.74, 6) is 1.83. The first-order valence-electron chi connectivity index (χ1n) is 20.7. The monoisotopic (exact) mass is 809 g/mol. The summed E-state index contributed by atoms with van der Waals surface area (Å²) < 4.78 is 4.73. The maximum Gasteiger partial charge on any atom is 0.164 e. The van der Waals surface area contributed by atoms with E-state index in [4.69, 9.17) is 20.1 Å². The fraction of sp³-hybridized carbons (Fsp3) is 0. The largest absolute Gasteiger partial charge is 0.231 e. The first-order valence-corrected chi connectivity index (χ1v) is 21.5. The summed E-state index contributed by atoms with van der Waals surface area (Å²) in [5.41, 5.74) is 12.2. The molecule has 5 nitrogen and oxygen atoms in total. The van der Waals surface area contributed by atoms with Crippen molar-refractivity contribution in [2.24, 2.45) is 0 Å². The smallest absolute Gasteiger partial charge is 0.164 e. The number of aromatic nitrogens is 5. The maximum absolute atomic E-state index is 5.43. The Kier molecular flexibility index (Phi) is 8.61. The van der Waals surface area contributed by atoms with Gasteiger partial charge in [0.05, 0.1) is 11.2 Å². The molecule has 0 radical (unpaired) electrons. The van der Waals surface area contributed by atoms with Crippen molar-refractivity contribution in [2.75, 3.05) is 0 Å². The molecule has 0 atom stereocenters. The molecule has 62 heavy (non-hydrogen) atoms. The van der Waals surface area contributed by atoms with Gasteiger partial charge in [0.1, 0.15) is 5.69 Å². The van der Waals surface area contributed by atoms with Crippen LogP contribution in [0.4, 0.5) is 0 Å². The summed E-state index contributed by atoms with van der Waals surface area (Å²) in [6, 6.07) is 74.5. The zero-order valence-corrected chi connectivity index (χ0v) is 34.2. The van der Waals surface area contributed by atoms with Crippen molar-refractivity contribution in [1.29, 1.82) is 0 Å². The number of thiophene rings is 1. The minimum atomic E-state index is 0.599. The number of pyridine rings is 1. The van der Waals surface area contributed by atoms with Gasteiger partial charge in [-0.2, -0.15) is 5.10 Å². The predicted molar refractivity (Wildman–Crippen MR) is 257 cm³/mol. The van der Waals surface area contributed by atoms with Gasteiger partial charge in [-0.25, -0.2) is 19.5 Å². The van der Waals surface area contributed by atoms with Crippen LogP contribution in [-0.4, -0.2) is 24.6 Å². The van der Waals surface area contributed by atoms with Crippen LogP contribution >= 0.6 is 11.3 Å². The molecule has 12 aromatic rings. The van der Waals surface area contributed by atoms with Gasteiger partial charge in [-0.15, -0.1) is 11.3 Å². The van der Waals surface area contributed by atoms with E-state index in [0.717, 1.165) is 72.2 Å². The molecular formula is C56H35N5S. The quantitative estimate of drug-likeness (QED) is 0.161. The van der Waals surface area contributed by atoms with Crippen molar-refractivity contribution in [3.8, 4) is 78.9 Å². The number of rotatable bonds is 7. The first kappa shape index (κ1) is 35.8. The van der Waals surface area contributed by atoms with Crippen molar-refractivity contribution in [3.63, 3.8) is 0 Å². The standard InChI is InChI=1S/C56H35N5S/c1-4-15-37(16-5-1)48-35-42-21-10-11-24-45(42)53-51(52(60-61(48)53)38-17-6-2-7-18-38)43-22-14-23-44(33-43)56-58-54(39-19-8-3-9-20-39)57-55(59-56)40-29-27-36(28-30-40)41-31-32-50-47(34-41)46-25-12-13-26-49(46)62-50/h1-35H. The predicted octanol–water partition coefficient (Wildman–Crippen LogP) is 14.7. The molecular weight excluding hydrogens is 775 g/mol. The molecule has 0 unspecified atom stereocenters. The van der Waals surface area contributed by atoms with Crippen molar-refractivity contribution >= 4 is 47.8 Å². The Morgan fingerprint density at radius 3 is 1.61 bits per heavy atom. The highest BCUT2D eigenvalue weighted by Gasteiger charge is 2.22. The summed E-state index contributed by atoms with van der Waals surface area (Å²) in [7, 11) is 0. The van der Waals surface area contributed by atoms with Crippen LogP contribution in [0.2, 0.25) is 0 Å². The summed E-state index contributed by atoms with van der Waals surface area (Å²) in [6.45, 7) is 0. The van der Waals surface area contributed by atoms with Gasteiger partial charge in [0.25, 0.3) is 0 Å². The average molecular weight is 810 g/mol. The molecule has 0 aliphatic carbocycles. The minimum absolute atomic E-state index is 0.599. The lowest BCUT2D eigenvalue weighted by molar-refractivity contribution is 0.979. The van der Waals surface area contributed by atoms with E-state index in [1.165, 1.54) is 25.7 Å². The highest BCUT2D eigenvalue weighted by molar-refractivity contribution is 7.25. The summed E-state index contributed by atoms with van der Waals surface area (Å²) in [5, 5.41) is 10.3. The van der Waals surface area contributed by atoms with Gasteiger partial charge in [-0.05, 0) is 52.4 Å². The lowest BCUT2D eigenvalue weighted by atomic mass is 9.95. The second-order valence-corrected chi connectivity index (χ2v) is 16.6. The van der Waals surface area contributed by atoms with Crippen LogP contribution in [0.5, 0.6) is 0 Å². The molecule has 0 amide bonds. The van der Waals surface area contributed by atoms with Crippen LogP contribution in [0.1, 0.15) is 0 Å². The summed E-state index contributed by atoms with van der Waals surface area (Å²) >= 11 is 1.84. The van der Waals surface area contributed by atoms with E-state index < -0.39 is 0 Å². The molecule has 0 spiro atoms. The number of hydrogen-bond donors (Lipinski definition) is 0. The molecule has 12 rings (SSSR count). The van der Waals surface area contributed by atoms with Crippen molar-refractivity contribution in [1.82, 2.24) is 24.6 Å². The molecule has 0 saturated heterocycles. The van der Waals surface area contributed by atoms with E-state index in [2.05, 4.69) is 180 Å². The van der Waals surface area contributed by atoms with Crippen molar-refractivity contribution < 1.29 is 0 Å². The number of benzene rings is 8. The molecule has 0 N–H and O–H groups in total. The molecule has 0 saturated carbocycles. The second kappa shape index (κ2) is 14.9. The minimum Gasteiger partial charge on any atom is -0.231 e. The van der Waals surface area contributed by atoms with Crippen LogP contribution in [-0.2, 0) is 0 Å². The van der Waals surface area contributed by atoms with Gasteiger partial charge >= 0.3 is 0 Å². The molecule has 4 heterocycles. The average Bonchev–Trinajstić information content (AvgIpc) is 3.94. The van der Waals surface area contributed by atoms with Gasteiger partial charge < -0.3 is 0 Å². The van der Waals surface area contributed by atoms with E-state index in [-0.39, 0.29) is 0 Å². The van der Waals surface area contributed by atoms with Crippen LogP contribution in [0, 0.1) is 0 Å². The van der Waals surface area contributed by atoms with Crippen molar-refractivity contribution in [2.45, 2.75) is 0 Å². The van der Waals surface area contributed by atoms with Gasteiger partial charge in [0.15, 0.2) is 17.5 Å². The lowest BCUT2D eigenvalue weighted by Gasteiger charge is -2.12. The van der Waals surface area contributed by atoms with Gasteiger partial charge in [-0.3, -0.25) is 0 Å². The second-order valence-electron chi connectivity index (χ2n) is 15.5. The van der Waals surface area contributed by atoms with Crippen LogP contribution in [0.15, 0.2) is 212 Å². The molecule has 8 aromatic carbocycles. The van der Waals surface area contributed by atoms with Crippen molar-refractivity contribution in [3.05, 3.63) is 212 Å². The Labute approximate surface area is 361 Å². The van der Waals surface area contributed by atoms with Gasteiger partial charge in [0, 0.05) is 58.9 Å². The molecule has 290 valence electrons. The Hall–Kier alpha value is -8.06. The normalized spacial score (nSPS) is 11.5. The van der Waals surface area contributed by atoms with Crippen LogP contribution in [0.25, 0.3) is 115 Å². The highest BCUT2D eigenvalue weighted by atomic mass is 32.1. The fourth-order valence-electron chi connectivity index (χ4n) is 8.66. The van der Waals surface area contributed by atoms with Crippen LogP contribution in [0.3, 0.4) is 0 Å². The fourth-order valence-corrected chi connectivity index (χ4v) is 9.74. The number of nitrogens with zero attached hydrogens (tertiary/aromatic N) is 5. The third-order valence-electron chi connectivity index (χ3n) is 11.7. The summed E-state index contributed by atoms with van der Waals surface area (Å²) in [6.07, 6.45) is 0. The Morgan fingerprint density at radius 2 is 0.871 bits per heavy atom. The molecule has 0 aliphatic rings.